The van der Waals surface area contributed by atoms with Crippen molar-refractivity contribution in [2.45, 2.75) is 103 Å². The Kier molecular flexibility index (Phi) is 13.9. The molecule has 0 aromatic carbocycles. The van der Waals surface area contributed by atoms with Crippen molar-refractivity contribution >= 4 is 69.7 Å². The molecule has 16 nitrogen and oxygen atoms in total. The number of amides is 4. The van der Waals surface area contributed by atoms with Gasteiger partial charge in [0.15, 0.2) is 0 Å². The molecule has 64 heavy (non-hydrogen) atoms. The van der Waals surface area contributed by atoms with Crippen LogP contribution in [0.1, 0.15) is 86.7 Å². The molecule has 2 saturated carbocycles. The van der Waals surface area contributed by atoms with E-state index in [0.29, 0.717) is 35.1 Å². The van der Waals surface area contributed by atoms with Gasteiger partial charge in [-0.15, -0.1) is 0 Å². The summed E-state index contributed by atoms with van der Waals surface area (Å²) in [6.45, 7) is 0.879. The topological polar surface area (TPSA) is 205 Å². The Bertz CT molecular complexity index is 2610. The van der Waals surface area contributed by atoms with Gasteiger partial charge in [0.2, 0.25) is 0 Å². The third-order valence-corrected chi connectivity index (χ3v) is 12.5. The van der Waals surface area contributed by atoms with Gasteiger partial charge < -0.3 is 30.1 Å². The van der Waals surface area contributed by atoms with Gasteiger partial charge in [-0.2, -0.15) is 0 Å². The van der Waals surface area contributed by atoms with Gasteiger partial charge in [-0.05, 0) is 68.1 Å². The van der Waals surface area contributed by atoms with Crippen molar-refractivity contribution in [2.75, 3.05) is 23.9 Å². The molecular weight excluding hydrogens is 835 g/mol. The summed E-state index contributed by atoms with van der Waals surface area (Å²) in [4.78, 5) is 60.1. The van der Waals surface area contributed by atoms with E-state index in [1.807, 2.05) is 60.6 Å². The van der Waals surface area contributed by atoms with E-state index in [2.05, 4.69) is 24.9 Å². The van der Waals surface area contributed by atoms with Crippen LogP contribution in [0.3, 0.4) is 0 Å². The molecule has 2 aliphatic heterocycles. The quantitative estimate of drug-likeness (QED) is 0.110. The van der Waals surface area contributed by atoms with E-state index in [-0.39, 0.29) is 37.4 Å². The van der Waals surface area contributed by atoms with Gasteiger partial charge in [0.1, 0.15) is 16.2 Å². The van der Waals surface area contributed by atoms with Crippen molar-refractivity contribution in [1.82, 2.24) is 39.7 Å². The molecule has 10 rings (SSSR count). The molecular formula is C46H52BClN10O6. The molecule has 4 aliphatic rings. The molecule has 18 heteroatoms. The van der Waals surface area contributed by atoms with E-state index in [9.17, 15) is 14.7 Å². The standard InChI is InChI=1S/C23H25N5O2.C17H19ClN4O.C6H8BNO3/c1-27-13-16-12-25-20-10-9-19(15-7-8-17(14-29)24-11-15)26-21(20)22(16)28(23(27)30)18-5-3-2-4-6-18;1-21-10-11-9-19-13-7-8-14(18)20-15(13)16(11)22(17(21)23)12-5-3-2-4-6-12;9-4-6-2-1-5(3-8-6)7(10)11/h7-12,18,29H,2-6,13-14H2,1H3;7-9,12H,2-6,10H2,1H3;1-3,9-11H,4H2. The van der Waals surface area contributed by atoms with Gasteiger partial charge in [-0.3, -0.25) is 29.7 Å². The number of pyridine rings is 6. The second-order valence-corrected chi connectivity index (χ2v) is 17.1. The van der Waals surface area contributed by atoms with Crippen LogP contribution in [0, 0.1) is 0 Å². The predicted octanol–water partition coefficient (Wildman–Crippen LogP) is 6.13. The molecule has 8 heterocycles. The summed E-state index contributed by atoms with van der Waals surface area (Å²) < 4.78 is 0. The molecule has 0 unspecified atom stereocenters. The molecule has 2 fully saturated rings. The summed E-state index contributed by atoms with van der Waals surface area (Å²) in [6, 6.07) is 14.8. The number of aliphatic hydroxyl groups is 2. The Morgan fingerprint density at radius 3 is 1.58 bits per heavy atom. The van der Waals surface area contributed by atoms with Crippen LogP contribution in [0.15, 0.2) is 73.3 Å². The molecule has 4 amide bonds. The van der Waals surface area contributed by atoms with Crippen LogP contribution in [-0.2, 0) is 26.3 Å². The van der Waals surface area contributed by atoms with E-state index < -0.39 is 7.12 Å². The van der Waals surface area contributed by atoms with Crippen molar-refractivity contribution in [2.24, 2.45) is 0 Å². The number of aliphatic hydroxyl groups excluding tert-OH is 2. The number of carbonyl (C=O) groups excluding carboxylic acids is 2. The van der Waals surface area contributed by atoms with Crippen LogP contribution in [-0.4, -0.2) is 105 Å². The minimum absolute atomic E-state index is 0.0445. The number of halogens is 1. The molecule has 2 aliphatic carbocycles. The van der Waals surface area contributed by atoms with Gasteiger partial charge in [0, 0.05) is 73.1 Å². The van der Waals surface area contributed by atoms with Crippen LogP contribution in [0.25, 0.3) is 33.3 Å². The first-order chi connectivity index (χ1) is 31.0. The second kappa shape index (κ2) is 19.9. The van der Waals surface area contributed by atoms with E-state index in [1.54, 1.807) is 28.1 Å². The third-order valence-electron chi connectivity index (χ3n) is 12.3. The lowest BCUT2D eigenvalue weighted by Gasteiger charge is -2.41. The fourth-order valence-electron chi connectivity index (χ4n) is 9.00. The summed E-state index contributed by atoms with van der Waals surface area (Å²) in [5, 5.41) is 35.5. The van der Waals surface area contributed by atoms with Gasteiger partial charge in [-0.1, -0.05) is 56.2 Å². The van der Waals surface area contributed by atoms with E-state index >= 15 is 0 Å². The number of nitrogens with zero attached hydrogens (tertiary/aromatic N) is 10. The number of urea groups is 2. The van der Waals surface area contributed by atoms with Gasteiger partial charge in [0.25, 0.3) is 0 Å². The first-order valence-corrected chi connectivity index (χ1v) is 22.2. The van der Waals surface area contributed by atoms with Crippen molar-refractivity contribution in [3.05, 3.63) is 101 Å². The monoisotopic (exact) mass is 886 g/mol. The highest BCUT2D eigenvalue weighted by Crippen LogP contribution is 2.40. The van der Waals surface area contributed by atoms with Crippen molar-refractivity contribution in [3.63, 3.8) is 0 Å². The summed E-state index contributed by atoms with van der Waals surface area (Å²) in [5.41, 5.74) is 10.1. The first kappa shape index (κ1) is 44.8. The Morgan fingerprint density at radius 2 is 1.11 bits per heavy atom. The highest BCUT2D eigenvalue weighted by atomic mass is 35.5. The predicted molar refractivity (Wildman–Crippen MR) is 246 cm³/mol. The van der Waals surface area contributed by atoms with Crippen LogP contribution < -0.4 is 15.3 Å². The Balaban J connectivity index is 0.000000145. The summed E-state index contributed by atoms with van der Waals surface area (Å²) in [6.07, 6.45) is 18.1. The molecule has 4 N–H and O–H groups in total. The number of carbonyl (C=O) groups is 2. The van der Waals surface area contributed by atoms with Crippen LogP contribution in [0.2, 0.25) is 5.15 Å². The summed E-state index contributed by atoms with van der Waals surface area (Å²) in [5.74, 6) is 0. The fraction of sp³-hybridized carbons (Fsp3) is 0.391. The van der Waals surface area contributed by atoms with Crippen molar-refractivity contribution in [1.29, 1.82) is 0 Å². The maximum Gasteiger partial charge on any atom is 0.490 e. The minimum Gasteiger partial charge on any atom is -0.423 e. The fourth-order valence-corrected chi connectivity index (χ4v) is 9.15. The summed E-state index contributed by atoms with van der Waals surface area (Å²) in [7, 11) is 2.20. The lowest BCUT2D eigenvalue weighted by atomic mass is 9.82. The SMILES string of the molecule is CN1Cc2cnc3ccc(-c4ccc(CO)nc4)nc3c2N(C2CCCCC2)C1=O.CN1Cc2cnc3ccc(Cl)nc3c2N(C2CCCCC2)C1=O.OCc1ccc(B(O)O)cn1. The van der Waals surface area contributed by atoms with Crippen LogP contribution >= 0.6 is 11.6 Å². The first-order valence-electron chi connectivity index (χ1n) is 21.8. The normalized spacial score (nSPS) is 16.8. The van der Waals surface area contributed by atoms with E-state index in [1.165, 1.54) is 44.0 Å². The smallest absolute Gasteiger partial charge is 0.423 e. The van der Waals surface area contributed by atoms with Crippen LogP contribution in [0.5, 0.6) is 0 Å². The van der Waals surface area contributed by atoms with Gasteiger partial charge in [-0.25, -0.2) is 19.6 Å². The zero-order valence-corrected chi connectivity index (χ0v) is 36.8. The van der Waals surface area contributed by atoms with Crippen molar-refractivity contribution in [3.8, 4) is 11.3 Å². The molecule has 6 aromatic heterocycles. The molecule has 0 radical (unpaired) electrons. The Hall–Kier alpha value is -5.85. The molecule has 0 spiro atoms. The average molecular weight is 887 g/mol. The number of rotatable bonds is 6. The molecule has 0 atom stereocenters. The second-order valence-electron chi connectivity index (χ2n) is 16.7. The molecule has 0 saturated heterocycles. The number of aromatic nitrogens is 6. The van der Waals surface area contributed by atoms with Gasteiger partial charge in [0.05, 0.1) is 65.8 Å². The van der Waals surface area contributed by atoms with E-state index in [4.69, 9.17) is 31.7 Å². The number of fused-ring (bicyclic) bond motifs is 6. The lowest BCUT2D eigenvalue weighted by Crippen LogP contribution is -2.51. The summed E-state index contributed by atoms with van der Waals surface area (Å²) >= 11 is 6.11. The highest BCUT2D eigenvalue weighted by Gasteiger charge is 2.38. The van der Waals surface area contributed by atoms with E-state index in [0.717, 1.165) is 94.4 Å². The maximum absolute atomic E-state index is 13.2. The molecule has 6 aromatic rings. The largest absolute Gasteiger partial charge is 0.490 e. The lowest BCUT2D eigenvalue weighted by molar-refractivity contribution is 0.204. The van der Waals surface area contributed by atoms with Gasteiger partial charge >= 0.3 is 19.2 Å². The molecule has 332 valence electrons. The Morgan fingerprint density at radius 1 is 0.609 bits per heavy atom. The molecule has 0 bridgehead atoms. The number of hydrogen-bond acceptors (Lipinski definition) is 12. The average Bonchev–Trinajstić information content (AvgIpc) is 3.33. The van der Waals surface area contributed by atoms with Crippen LogP contribution in [0.4, 0.5) is 21.0 Å². The van der Waals surface area contributed by atoms with Crippen molar-refractivity contribution < 1.29 is 29.9 Å². The third kappa shape index (κ3) is 9.49. The Labute approximate surface area is 376 Å². The number of hydrogen-bond donors (Lipinski definition) is 4. The maximum atomic E-state index is 13.2. The zero-order chi connectivity index (χ0) is 44.9. The zero-order valence-electron chi connectivity index (χ0n) is 36.0. The minimum atomic E-state index is -1.49. The number of anilines is 2. The highest BCUT2D eigenvalue weighted by molar-refractivity contribution is 6.58.